The third kappa shape index (κ3) is 9.84. The van der Waals surface area contributed by atoms with Crippen molar-refractivity contribution in [1.82, 2.24) is 10.6 Å². The maximum atomic E-state index is 3.49. The second-order valence-electron chi connectivity index (χ2n) is 5.10. The van der Waals surface area contributed by atoms with Crippen LogP contribution in [0.5, 0.6) is 0 Å². The Morgan fingerprint density at radius 2 is 1.62 bits per heavy atom. The molecule has 0 spiro atoms. The van der Waals surface area contributed by atoms with Gasteiger partial charge in [-0.25, -0.2) is 0 Å². The van der Waals surface area contributed by atoms with E-state index in [2.05, 4.69) is 45.3 Å². The highest BCUT2D eigenvalue weighted by Gasteiger charge is 2.09. The van der Waals surface area contributed by atoms with Crippen molar-refractivity contribution in [2.75, 3.05) is 26.2 Å². The molecule has 1 atom stereocenters. The van der Waals surface area contributed by atoms with Gasteiger partial charge in [0, 0.05) is 0 Å². The van der Waals surface area contributed by atoms with E-state index in [1.165, 1.54) is 0 Å². The summed E-state index contributed by atoms with van der Waals surface area (Å²) in [7, 11) is 0. The van der Waals surface area contributed by atoms with Gasteiger partial charge >= 0.3 is 0 Å². The Labute approximate surface area is 83.5 Å². The standard InChI is InChI=1S/C11H26N2/c1-6-12-7-10(2)8-13-9-11(3,4)5/h10,12-13H,6-9H2,1-5H3. The lowest BCUT2D eigenvalue weighted by Crippen LogP contribution is -2.34. The molecule has 0 fully saturated rings. The monoisotopic (exact) mass is 186 g/mol. The predicted octanol–water partition coefficient (Wildman–Crippen LogP) is 1.87. The topological polar surface area (TPSA) is 24.1 Å². The largest absolute Gasteiger partial charge is 0.317 e. The zero-order chi connectivity index (χ0) is 10.3. The summed E-state index contributed by atoms with van der Waals surface area (Å²) in [6, 6.07) is 0. The maximum absolute atomic E-state index is 3.49. The first-order valence-corrected chi connectivity index (χ1v) is 5.37. The molecule has 0 aromatic carbocycles. The fourth-order valence-electron chi connectivity index (χ4n) is 1.16. The Morgan fingerprint density at radius 3 is 2.08 bits per heavy atom. The lowest BCUT2D eigenvalue weighted by Gasteiger charge is -2.20. The van der Waals surface area contributed by atoms with Gasteiger partial charge in [-0.1, -0.05) is 34.6 Å². The molecule has 0 aliphatic heterocycles. The molecule has 2 heteroatoms. The zero-order valence-electron chi connectivity index (χ0n) is 9.91. The SMILES string of the molecule is CCNCC(C)CNCC(C)(C)C. The van der Waals surface area contributed by atoms with Gasteiger partial charge < -0.3 is 10.6 Å². The molecule has 80 valence electrons. The minimum Gasteiger partial charge on any atom is -0.317 e. The van der Waals surface area contributed by atoms with Crippen LogP contribution in [0.25, 0.3) is 0 Å². The Kier molecular flexibility index (Phi) is 6.35. The van der Waals surface area contributed by atoms with Gasteiger partial charge in [0.05, 0.1) is 0 Å². The molecule has 0 radical (unpaired) electrons. The first-order valence-electron chi connectivity index (χ1n) is 5.37. The van der Waals surface area contributed by atoms with Crippen LogP contribution in [0, 0.1) is 11.3 Å². The fraction of sp³-hybridized carbons (Fsp3) is 1.00. The second-order valence-corrected chi connectivity index (χ2v) is 5.10. The van der Waals surface area contributed by atoms with Crippen LogP contribution < -0.4 is 10.6 Å². The summed E-state index contributed by atoms with van der Waals surface area (Å²) < 4.78 is 0. The van der Waals surface area contributed by atoms with Crippen molar-refractivity contribution in [3.63, 3.8) is 0 Å². The number of nitrogens with one attached hydrogen (secondary N) is 2. The van der Waals surface area contributed by atoms with E-state index in [0.29, 0.717) is 5.41 Å². The van der Waals surface area contributed by atoms with Crippen LogP contribution in [0.4, 0.5) is 0 Å². The average Bonchev–Trinajstić information content (AvgIpc) is 1.98. The highest BCUT2D eigenvalue weighted by atomic mass is 14.9. The van der Waals surface area contributed by atoms with E-state index >= 15 is 0 Å². The van der Waals surface area contributed by atoms with Gasteiger partial charge in [-0.15, -0.1) is 0 Å². The normalized spacial score (nSPS) is 14.5. The summed E-state index contributed by atoms with van der Waals surface area (Å²) in [5.41, 5.74) is 0.401. The summed E-state index contributed by atoms with van der Waals surface area (Å²) in [6.45, 7) is 15.6. The van der Waals surface area contributed by atoms with E-state index in [1.54, 1.807) is 0 Å². The van der Waals surface area contributed by atoms with Crippen molar-refractivity contribution < 1.29 is 0 Å². The van der Waals surface area contributed by atoms with Crippen molar-refractivity contribution in [2.45, 2.75) is 34.6 Å². The van der Waals surface area contributed by atoms with Gasteiger partial charge in [-0.3, -0.25) is 0 Å². The van der Waals surface area contributed by atoms with Gasteiger partial charge in [-0.05, 0) is 37.5 Å². The Hall–Kier alpha value is -0.0800. The van der Waals surface area contributed by atoms with Gasteiger partial charge in [0.25, 0.3) is 0 Å². The van der Waals surface area contributed by atoms with E-state index in [4.69, 9.17) is 0 Å². The molecular weight excluding hydrogens is 160 g/mol. The molecule has 0 aliphatic rings. The van der Waals surface area contributed by atoms with Crippen LogP contribution in [0.15, 0.2) is 0 Å². The highest BCUT2D eigenvalue weighted by molar-refractivity contribution is 4.67. The van der Waals surface area contributed by atoms with Crippen molar-refractivity contribution in [3.05, 3.63) is 0 Å². The van der Waals surface area contributed by atoms with E-state index in [0.717, 1.165) is 32.1 Å². The molecule has 0 aromatic rings. The minimum atomic E-state index is 0.401. The van der Waals surface area contributed by atoms with Crippen molar-refractivity contribution in [1.29, 1.82) is 0 Å². The summed E-state index contributed by atoms with van der Waals surface area (Å²) >= 11 is 0. The fourth-order valence-corrected chi connectivity index (χ4v) is 1.16. The quantitative estimate of drug-likeness (QED) is 0.662. The number of hydrogen-bond donors (Lipinski definition) is 2. The van der Waals surface area contributed by atoms with Crippen LogP contribution in [0.3, 0.4) is 0 Å². The Bertz CT molecular complexity index is 116. The van der Waals surface area contributed by atoms with Gasteiger partial charge in [0.15, 0.2) is 0 Å². The van der Waals surface area contributed by atoms with E-state index in [1.807, 2.05) is 0 Å². The van der Waals surface area contributed by atoms with Crippen molar-refractivity contribution in [2.24, 2.45) is 11.3 Å². The molecular formula is C11H26N2. The Morgan fingerprint density at radius 1 is 1.08 bits per heavy atom. The molecule has 0 aliphatic carbocycles. The molecule has 0 aromatic heterocycles. The van der Waals surface area contributed by atoms with Gasteiger partial charge in [0.1, 0.15) is 0 Å². The molecule has 0 rings (SSSR count). The summed E-state index contributed by atoms with van der Waals surface area (Å²) in [6.07, 6.45) is 0. The predicted molar refractivity (Wildman–Crippen MR) is 60.0 cm³/mol. The van der Waals surface area contributed by atoms with E-state index in [9.17, 15) is 0 Å². The van der Waals surface area contributed by atoms with E-state index in [-0.39, 0.29) is 0 Å². The van der Waals surface area contributed by atoms with Gasteiger partial charge in [0.2, 0.25) is 0 Å². The molecule has 0 saturated heterocycles. The number of rotatable bonds is 6. The highest BCUT2D eigenvalue weighted by Crippen LogP contribution is 2.10. The smallest absolute Gasteiger partial charge is 0.000000210 e. The molecule has 1 unspecified atom stereocenters. The minimum absolute atomic E-state index is 0.401. The van der Waals surface area contributed by atoms with Gasteiger partial charge in [-0.2, -0.15) is 0 Å². The molecule has 2 N–H and O–H groups in total. The lowest BCUT2D eigenvalue weighted by molar-refractivity contribution is 0.360. The maximum Gasteiger partial charge on any atom is -0.000000210 e. The molecule has 0 saturated carbocycles. The summed E-state index contributed by atoms with van der Waals surface area (Å²) in [5, 5.41) is 6.85. The lowest BCUT2D eigenvalue weighted by atomic mass is 9.97. The van der Waals surface area contributed by atoms with E-state index < -0.39 is 0 Å². The van der Waals surface area contributed by atoms with Crippen molar-refractivity contribution >= 4 is 0 Å². The first kappa shape index (κ1) is 12.9. The molecule has 2 nitrogen and oxygen atoms in total. The summed E-state index contributed by atoms with van der Waals surface area (Å²) in [5.74, 6) is 0.724. The van der Waals surface area contributed by atoms with Crippen molar-refractivity contribution in [3.8, 4) is 0 Å². The molecule has 0 heterocycles. The van der Waals surface area contributed by atoms with Crippen LogP contribution in [0.1, 0.15) is 34.6 Å². The molecule has 13 heavy (non-hydrogen) atoms. The van der Waals surface area contributed by atoms with Crippen LogP contribution in [-0.2, 0) is 0 Å². The second kappa shape index (κ2) is 6.39. The summed E-state index contributed by atoms with van der Waals surface area (Å²) in [4.78, 5) is 0. The molecule has 0 bridgehead atoms. The first-order chi connectivity index (χ1) is 5.95. The Balaban J connectivity index is 3.31. The average molecular weight is 186 g/mol. The van der Waals surface area contributed by atoms with Crippen LogP contribution >= 0.6 is 0 Å². The van der Waals surface area contributed by atoms with Crippen LogP contribution in [-0.4, -0.2) is 26.2 Å². The third-order valence-electron chi connectivity index (χ3n) is 1.89. The number of hydrogen-bond acceptors (Lipinski definition) is 2. The zero-order valence-corrected chi connectivity index (χ0v) is 9.91. The third-order valence-corrected chi connectivity index (χ3v) is 1.89. The van der Waals surface area contributed by atoms with Crippen LogP contribution in [0.2, 0.25) is 0 Å². The molecule has 0 amide bonds.